The first kappa shape index (κ1) is 17.9. The highest BCUT2D eigenvalue weighted by atomic mass is 19.1. The van der Waals surface area contributed by atoms with Crippen LogP contribution >= 0.6 is 0 Å². The summed E-state index contributed by atoms with van der Waals surface area (Å²) in [6, 6.07) is 13.3. The molecule has 0 N–H and O–H groups in total. The lowest BCUT2D eigenvalue weighted by atomic mass is 10.1. The molecular formula is C20H21FN2O3. The minimum absolute atomic E-state index is 0.0465. The average Bonchev–Trinajstić information content (AvgIpc) is 2.66. The van der Waals surface area contributed by atoms with Crippen LogP contribution < -0.4 is 9.64 Å². The highest BCUT2D eigenvalue weighted by Gasteiger charge is 2.21. The van der Waals surface area contributed by atoms with Crippen molar-refractivity contribution in [2.75, 3.05) is 37.7 Å². The normalized spacial score (nSPS) is 14.2. The van der Waals surface area contributed by atoms with Crippen LogP contribution in [0.5, 0.6) is 5.75 Å². The number of hydrogen-bond acceptors (Lipinski definition) is 4. The van der Waals surface area contributed by atoms with Crippen molar-refractivity contribution in [3.63, 3.8) is 0 Å². The number of rotatable bonds is 5. The maximum absolute atomic E-state index is 13.1. The summed E-state index contributed by atoms with van der Waals surface area (Å²) in [6.07, 6.45) is 0. The van der Waals surface area contributed by atoms with Crippen molar-refractivity contribution in [3.05, 3.63) is 59.9 Å². The molecular weight excluding hydrogens is 335 g/mol. The fourth-order valence-electron chi connectivity index (χ4n) is 2.91. The Morgan fingerprint density at radius 1 is 1.04 bits per heavy atom. The van der Waals surface area contributed by atoms with Gasteiger partial charge in [-0.3, -0.25) is 9.59 Å². The maximum Gasteiger partial charge on any atom is 0.260 e. The number of hydrogen-bond donors (Lipinski definition) is 0. The molecule has 0 bridgehead atoms. The Balaban J connectivity index is 1.49. The summed E-state index contributed by atoms with van der Waals surface area (Å²) in [6.45, 7) is 4.07. The van der Waals surface area contributed by atoms with Gasteiger partial charge in [0.2, 0.25) is 0 Å². The van der Waals surface area contributed by atoms with Gasteiger partial charge in [-0.1, -0.05) is 6.07 Å². The molecule has 0 saturated carbocycles. The van der Waals surface area contributed by atoms with Crippen LogP contribution in [-0.2, 0) is 4.79 Å². The third-order valence-electron chi connectivity index (χ3n) is 4.43. The van der Waals surface area contributed by atoms with Crippen LogP contribution in [0.3, 0.4) is 0 Å². The topological polar surface area (TPSA) is 49.9 Å². The first-order valence-electron chi connectivity index (χ1n) is 8.55. The predicted octanol–water partition coefficient (Wildman–Crippen LogP) is 2.76. The molecule has 0 spiro atoms. The number of carbonyl (C=O) groups excluding carboxylic acids is 2. The second-order valence-electron chi connectivity index (χ2n) is 6.22. The third kappa shape index (κ3) is 4.39. The smallest absolute Gasteiger partial charge is 0.260 e. The molecule has 1 saturated heterocycles. The quantitative estimate of drug-likeness (QED) is 0.773. The van der Waals surface area contributed by atoms with Crippen LogP contribution in [0.25, 0.3) is 0 Å². The molecule has 0 aromatic heterocycles. The Hall–Kier alpha value is -2.89. The number of carbonyl (C=O) groups is 2. The van der Waals surface area contributed by atoms with E-state index in [-0.39, 0.29) is 24.1 Å². The van der Waals surface area contributed by atoms with Crippen LogP contribution in [0.2, 0.25) is 0 Å². The van der Waals surface area contributed by atoms with Gasteiger partial charge in [0.1, 0.15) is 11.6 Å². The monoisotopic (exact) mass is 356 g/mol. The molecule has 6 heteroatoms. The molecule has 5 nitrogen and oxygen atoms in total. The summed E-state index contributed by atoms with van der Waals surface area (Å²) in [5, 5.41) is 0. The molecule has 1 aliphatic heterocycles. The molecule has 2 aromatic carbocycles. The fraction of sp³-hybridized carbons (Fsp3) is 0.300. The lowest BCUT2D eigenvalue weighted by Crippen LogP contribution is -2.50. The van der Waals surface area contributed by atoms with Crippen molar-refractivity contribution < 1.29 is 18.7 Å². The van der Waals surface area contributed by atoms with Gasteiger partial charge >= 0.3 is 0 Å². The lowest BCUT2D eigenvalue weighted by molar-refractivity contribution is -0.133. The molecule has 1 fully saturated rings. The Morgan fingerprint density at radius 2 is 1.73 bits per heavy atom. The molecule has 0 aliphatic carbocycles. The minimum Gasteiger partial charge on any atom is -0.484 e. The highest BCUT2D eigenvalue weighted by Crippen LogP contribution is 2.18. The summed E-state index contributed by atoms with van der Waals surface area (Å²) in [5.41, 5.74) is 1.73. The molecule has 0 atom stereocenters. The van der Waals surface area contributed by atoms with Crippen LogP contribution in [0, 0.1) is 5.82 Å². The fourth-order valence-corrected chi connectivity index (χ4v) is 2.91. The van der Waals surface area contributed by atoms with Crippen LogP contribution in [0.15, 0.2) is 48.5 Å². The van der Waals surface area contributed by atoms with E-state index in [0.29, 0.717) is 37.5 Å². The van der Waals surface area contributed by atoms with Crippen molar-refractivity contribution in [1.82, 2.24) is 4.90 Å². The SMILES string of the molecule is CC(=O)c1ccc(N2CCN(C(=O)COc3cccc(F)c3)CC2)cc1. The number of ketones is 1. The van der Waals surface area contributed by atoms with Crippen molar-refractivity contribution in [2.24, 2.45) is 0 Å². The molecule has 136 valence electrons. The van der Waals surface area contributed by atoms with Gasteiger partial charge < -0.3 is 14.5 Å². The number of nitrogens with zero attached hydrogens (tertiary/aromatic N) is 2. The predicted molar refractivity (Wildman–Crippen MR) is 97.1 cm³/mol. The van der Waals surface area contributed by atoms with Crippen molar-refractivity contribution in [1.29, 1.82) is 0 Å². The van der Waals surface area contributed by atoms with E-state index in [2.05, 4.69) is 4.90 Å². The summed E-state index contributed by atoms with van der Waals surface area (Å²) in [7, 11) is 0. The number of piperazine rings is 1. The summed E-state index contributed by atoms with van der Waals surface area (Å²) < 4.78 is 18.5. The second-order valence-corrected chi connectivity index (χ2v) is 6.22. The Bertz CT molecular complexity index is 784. The van der Waals surface area contributed by atoms with Crippen molar-refractivity contribution in [2.45, 2.75) is 6.92 Å². The van der Waals surface area contributed by atoms with E-state index in [9.17, 15) is 14.0 Å². The zero-order chi connectivity index (χ0) is 18.5. The van der Waals surface area contributed by atoms with E-state index in [1.54, 1.807) is 24.0 Å². The van der Waals surface area contributed by atoms with Gasteiger partial charge in [0.15, 0.2) is 12.4 Å². The number of Topliss-reactive ketones (excluding diaryl/α,β-unsaturated/α-hetero) is 1. The van der Waals surface area contributed by atoms with E-state index >= 15 is 0 Å². The van der Waals surface area contributed by atoms with Gasteiger partial charge in [0.05, 0.1) is 0 Å². The van der Waals surface area contributed by atoms with Crippen LogP contribution in [-0.4, -0.2) is 49.4 Å². The first-order valence-corrected chi connectivity index (χ1v) is 8.55. The molecule has 2 aromatic rings. The Labute approximate surface area is 152 Å². The van der Waals surface area contributed by atoms with E-state index in [0.717, 1.165) is 5.69 Å². The summed E-state index contributed by atoms with van der Waals surface area (Å²) in [5.74, 6) is -0.104. The number of anilines is 1. The van der Waals surface area contributed by atoms with Gasteiger partial charge in [0, 0.05) is 43.5 Å². The van der Waals surface area contributed by atoms with Crippen LogP contribution in [0.1, 0.15) is 17.3 Å². The zero-order valence-electron chi connectivity index (χ0n) is 14.7. The van der Waals surface area contributed by atoms with Gasteiger partial charge in [-0.15, -0.1) is 0 Å². The van der Waals surface area contributed by atoms with E-state index in [1.807, 2.05) is 24.3 Å². The number of halogens is 1. The maximum atomic E-state index is 13.1. The molecule has 1 aliphatic rings. The number of ether oxygens (including phenoxy) is 1. The molecule has 1 amide bonds. The zero-order valence-corrected chi connectivity index (χ0v) is 14.7. The number of amides is 1. The van der Waals surface area contributed by atoms with Crippen molar-refractivity contribution in [3.8, 4) is 5.75 Å². The first-order chi connectivity index (χ1) is 12.5. The molecule has 0 radical (unpaired) electrons. The third-order valence-corrected chi connectivity index (χ3v) is 4.43. The Morgan fingerprint density at radius 3 is 2.35 bits per heavy atom. The summed E-state index contributed by atoms with van der Waals surface area (Å²) in [4.78, 5) is 27.5. The van der Waals surface area contributed by atoms with Gasteiger partial charge in [-0.05, 0) is 43.3 Å². The molecule has 3 rings (SSSR count). The van der Waals surface area contributed by atoms with Gasteiger partial charge in [0.25, 0.3) is 5.91 Å². The lowest BCUT2D eigenvalue weighted by Gasteiger charge is -2.36. The van der Waals surface area contributed by atoms with E-state index in [1.165, 1.54) is 12.1 Å². The largest absolute Gasteiger partial charge is 0.484 e. The van der Waals surface area contributed by atoms with E-state index < -0.39 is 0 Å². The molecule has 0 unspecified atom stereocenters. The summed E-state index contributed by atoms with van der Waals surface area (Å²) >= 11 is 0. The van der Waals surface area contributed by atoms with Gasteiger partial charge in [-0.2, -0.15) is 0 Å². The second kappa shape index (κ2) is 7.99. The number of benzene rings is 2. The van der Waals surface area contributed by atoms with Crippen LogP contribution in [0.4, 0.5) is 10.1 Å². The molecule has 1 heterocycles. The Kier molecular flexibility index (Phi) is 5.51. The highest BCUT2D eigenvalue weighted by molar-refractivity contribution is 5.94. The van der Waals surface area contributed by atoms with E-state index in [4.69, 9.17) is 4.74 Å². The minimum atomic E-state index is -0.389. The molecule has 26 heavy (non-hydrogen) atoms. The van der Waals surface area contributed by atoms with Gasteiger partial charge in [-0.25, -0.2) is 4.39 Å². The average molecular weight is 356 g/mol. The van der Waals surface area contributed by atoms with Crippen molar-refractivity contribution >= 4 is 17.4 Å². The standard InChI is InChI=1S/C20H21FN2O3/c1-15(24)16-5-7-18(8-6-16)22-9-11-23(12-10-22)20(25)14-26-19-4-2-3-17(21)13-19/h2-8,13H,9-12,14H2,1H3.